The van der Waals surface area contributed by atoms with Crippen molar-refractivity contribution in [3.05, 3.63) is 0 Å². The van der Waals surface area contributed by atoms with Crippen LogP contribution in [-0.2, 0) is 4.79 Å². The van der Waals surface area contributed by atoms with E-state index in [4.69, 9.17) is 5.73 Å². The Bertz CT molecular complexity index is 108. The highest BCUT2D eigenvalue weighted by Crippen LogP contribution is 1.88. The summed E-state index contributed by atoms with van der Waals surface area (Å²) >= 11 is 1.74. The molecule has 0 fully saturated rings. The minimum atomic E-state index is -0.291. The number of thioether (sulfide) groups is 1. The summed E-state index contributed by atoms with van der Waals surface area (Å²) in [6, 6.07) is -0.202. The summed E-state index contributed by atoms with van der Waals surface area (Å²) in [6.07, 6.45) is 2.02. The molecule has 4 heteroatoms. The van der Waals surface area contributed by atoms with Crippen molar-refractivity contribution in [3.8, 4) is 0 Å². The van der Waals surface area contributed by atoms with Gasteiger partial charge in [0, 0.05) is 12.3 Å². The van der Waals surface area contributed by atoms with Gasteiger partial charge in [-0.05, 0) is 13.2 Å². The van der Waals surface area contributed by atoms with Crippen LogP contribution in [0.5, 0.6) is 0 Å². The Morgan fingerprint density at radius 2 is 2.40 bits per heavy atom. The number of amides is 1. The summed E-state index contributed by atoms with van der Waals surface area (Å²) in [5.74, 6) is 0.721. The minimum absolute atomic E-state index is 0.202. The van der Waals surface area contributed by atoms with Crippen molar-refractivity contribution < 1.29 is 4.79 Å². The predicted molar refractivity (Wildman–Crippen MR) is 45.0 cm³/mol. The van der Waals surface area contributed by atoms with Gasteiger partial charge in [-0.3, -0.25) is 4.79 Å². The Morgan fingerprint density at radius 3 is 2.80 bits per heavy atom. The maximum atomic E-state index is 10.4. The number of nitrogens with two attached hydrogens (primary N) is 1. The monoisotopic (exact) mass is 162 g/mol. The second-order valence-corrected chi connectivity index (χ2v) is 3.06. The molecule has 0 aliphatic carbocycles. The summed E-state index contributed by atoms with van der Waals surface area (Å²) in [5, 5.41) is 2.99. The maximum Gasteiger partial charge on any atom is 0.234 e. The molecular formula is C6H14N2OS. The molecule has 1 amide bonds. The van der Waals surface area contributed by atoms with E-state index in [-0.39, 0.29) is 11.9 Å². The fraction of sp³-hybridized carbons (Fsp3) is 0.833. The molecule has 60 valence electrons. The Balaban J connectivity index is 3.21. The molecule has 0 saturated heterocycles. The third-order valence-electron chi connectivity index (χ3n) is 1.18. The lowest BCUT2D eigenvalue weighted by Crippen LogP contribution is -2.39. The zero-order valence-electron chi connectivity index (χ0n) is 6.39. The molecule has 0 radical (unpaired) electrons. The van der Waals surface area contributed by atoms with E-state index in [2.05, 4.69) is 5.32 Å². The lowest BCUT2D eigenvalue weighted by molar-refractivity contribution is -0.119. The first-order chi connectivity index (χ1) is 4.68. The minimum Gasteiger partial charge on any atom is -0.368 e. The first-order valence-electron chi connectivity index (χ1n) is 3.20. The number of hydrogen-bond donors (Lipinski definition) is 2. The van der Waals surface area contributed by atoms with Crippen molar-refractivity contribution >= 4 is 17.7 Å². The van der Waals surface area contributed by atoms with Gasteiger partial charge in [0.15, 0.2) is 0 Å². The molecule has 0 bridgehead atoms. The van der Waals surface area contributed by atoms with Crippen LogP contribution in [0.2, 0.25) is 0 Å². The van der Waals surface area contributed by atoms with Gasteiger partial charge < -0.3 is 11.1 Å². The highest BCUT2D eigenvalue weighted by Gasteiger charge is 2.04. The van der Waals surface area contributed by atoms with Crippen molar-refractivity contribution in [2.75, 3.05) is 18.6 Å². The van der Waals surface area contributed by atoms with Gasteiger partial charge in [0.25, 0.3) is 0 Å². The topological polar surface area (TPSA) is 55.1 Å². The summed E-state index contributed by atoms with van der Waals surface area (Å²) in [6.45, 7) is 2.61. The Labute approximate surface area is 65.7 Å². The van der Waals surface area contributed by atoms with Crippen molar-refractivity contribution in [1.29, 1.82) is 0 Å². The van der Waals surface area contributed by atoms with Gasteiger partial charge in [-0.15, -0.1) is 0 Å². The van der Waals surface area contributed by atoms with Gasteiger partial charge in [0.2, 0.25) is 5.91 Å². The molecule has 0 aromatic heterocycles. The molecule has 3 N–H and O–H groups in total. The molecule has 1 unspecified atom stereocenters. The number of primary amides is 1. The van der Waals surface area contributed by atoms with E-state index < -0.39 is 0 Å². The Kier molecular flexibility index (Phi) is 5.43. The summed E-state index contributed by atoms with van der Waals surface area (Å²) in [4.78, 5) is 10.4. The van der Waals surface area contributed by atoms with Crippen LogP contribution in [0.25, 0.3) is 0 Å². The van der Waals surface area contributed by atoms with Crippen LogP contribution in [0.1, 0.15) is 6.92 Å². The smallest absolute Gasteiger partial charge is 0.234 e. The van der Waals surface area contributed by atoms with Crippen LogP contribution in [0.3, 0.4) is 0 Å². The molecular weight excluding hydrogens is 148 g/mol. The lowest BCUT2D eigenvalue weighted by Gasteiger charge is -2.07. The van der Waals surface area contributed by atoms with E-state index in [9.17, 15) is 4.79 Å². The molecule has 0 saturated carbocycles. The molecule has 0 aromatic rings. The van der Waals surface area contributed by atoms with E-state index in [1.54, 1.807) is 18.7 Å². The number of carbonyl (C=O) groups excluding carboxylic acids is 1. The average Bonchev–Trinajstić information content (AvgIpc) is 1.88. The van der Waals surface area contributed by atoms with Crippen LogP contribution in [-0.4, -0.2) is 30.5 Å². The standard InChI is InChI=1S/C6H14N2OS/c1-5(6(7)9)8-3-4-10-2/h5,8H,3-4H2,1-2H3,(H2,7,9). The average molecular weight is 162 g/mol. The molecule has 0 rings (SSSR count). The summed E-state index contributed by atoms with van der Waals surface area (Å²) < 4.78 is 0. The van der Waals surface area contributed by atoms with Gasteiger partial charge in [0.05, 0.1) is 6.04 Å². The van der Waals surface area contributed by atoms with Crippen LogP contribution in [0.4, 0.5) is 0 Å². The van der Waals surface area contributed by atoms with Crippen molar-refractivity contribution in [3.63, 3.8) is 0 Å². The second kappa shape index (κ2) is 5.56. The van der Waals surface area contributed by atoms with Gasteiger partial charge in [-0.2, -0.15) is 11.8 Å². The largest absolute Gasteiger partial charge is 0.368 e. The van der Waals surface area contributed by atoms with E-state index in [1.807, 2.05) is 6.26 Å². The zero-order chi connectivity index (χ0) is 7.98. The third-order valence-corrected chi connectivity index (χ3v) is 1.80. The first kappa shape index (κ1) is 9.78. The summed E-state index contributed by atoms with van der Waals surface area (Å²) in [5.41, 5.74) is 5.01. The molecule has 0 heterocycles. The quantitative estimate of drug-likeness (QED) is 0.551. The van der Waals surface area contributed by atoms with E-state index in [0.717, 1.165) is 12.3 Å². The lowest BCUT2D eigenvalue weighted by atomic mass is 10.3. The molecule has 3 nitrogen and oxygen atoms in total. The molecule has 0 aliphatic heterocycles. The highest BCUT2D eigenvalue weighted by atomic mass is 32.2. The molecule has 0 aliphatic rings. The van der Waals surface area contributed by atoms with Gasteiger partial charge in [0.1, 0.15) is 0 Å². The van der Waals surface area contributed by atoms with Crippen LogP contribution in [0.15, 0.2) is 0 Å². The molecule has 0 aromatic carbocycles. The van der Waals surface area contributed by atoms with Crippen molar-refractivity contribution in [2.24, 2.45) is 5.73 Å². The van der Waals surface area contributed by atoms with E-state index >= 15 is 0 Å². The molecule has 10 heavy (non-hydrogen) atoms. The fourth-order valence-corrected chi connectivity index (χ4v) is 0.800. The SMILES string of the molecule is CSCCNC(C)C(N)=O. The maximum absolute atomic E-state index is 10.4. The van der Waals surface area contributed by atoms with Crippen LogP contribution < -0.4 is 11.1 Å². The van der Waals surface area contributed by atoms with E-state index in [1.165, 1.54) is 0 Å². The molecule has 0 spiro atoms. The second-order valence-electron chi connectivity index (χ2n) is 2.07. The predicted octanol–water partition coefficient (Wildman–Crippen LogP) is -0.187. The Morgan fingerprint density at radius 1 is 1.80 bits per heavy atom. The number of carbonyl (C=O) groups is 1. The Hall–Kier alpha value is -0.220. The fourth-order valence-electron chi connectivity index (χ4n) is 0.478. The zero-order valence-corrected chi connectivity index (χ0v) is 7.20. The van der Waals surface area contributed by atoms with Gasteiger partial charge >= 0.3 is 0 Å². The number of nitrogens with one attached hydrogen (secondary N) is 1. The highest BCUT2D eigenvalue weighted by molar-refractivity contribution is 7.98. The normalized spacial score (nSPS) is 13.0. The van der Waals surface area contributed by atoms with Gasteiger partial charge in [-0.25, -0.2) is 0 Å². The first-order valence-corrected chi connectivity index (χ1v) is 4.59. The summed E-state index contributed by atoms with van der Waals surface area (Å²) in [7, 11) is 0. The van der Waals surface area contributed by atoms with Crippen molar-refractivity contribution in [1.82, 2.24) is 5.32 Å². The number of rotatable bonds is 5. The third kappa shape index (κ3) is 4.64. The van der Waals surface area contributed by atoms with E-state index in [0.29, 0.717) is 0 Å². The number of hydrogen-bond acceptors (Lipinski definition) is 3. The van der Waals surface area contributed by atoms with Gasteiger partial charge in [-0.1, -0.05) is 0 Å². The van der Waals surface area contributed by atoms with Crippen LogP contribution in [0, 0.1) is 0 Å². The van der Waals surface area contributed by atoms with Crippen LogP contribution >= 0.6 is 11.8 Å². The molecule has 1 atom stereocenters. The van der Waals surface area contributed by atoms with Crippen molar-refractivity contribution in [2.45, 2.75) is 13.0 Å².